The number of Topliss-reactive ketones (excluding diaryl/α,β-unsaturated/α-hetero) is 1. The maximum Gasteiger partial charge on any atom is 0.339 e. The number of fused-ring (bicyclic) bond motifs is 6. The number of halogens is 1. The van der Waals surface area contributed by atoms with Crippen LogP contribution in [0.3, 0.4) is 0 Å². The number of rotatable bonds is 0. The number of esters is 1. The Balaban J connectivity index is 1.89. The first-order valence-electron chi connectivity index (χ1n) is 7.85. The fraction of sp³-hybridized carbons (Fsp3) is 0.100. The normalized spacial score (nSPS) is 26.0. The number of hydrogen-bond donors (Lipinski definition) is 0. The van der Waals surface area contributed by atoms with Crippen molar-refractivity contribution in [3.8, 4) is 5.75 Å². The van der Waals surface area contributed by atoms with Crippen molar-refractivity contribution < 1.29 is 23.5 Å². The molecule has 4 nitrogen and oxygen atoms in total. The number of carbonyl (C=O) groups is 2. The van der Waals surface area contributed by atoms with Crippen molar-refractivity contribution in [1.82, 2.24) is 0 Å². The van der Waals surface area contributed by atoms with Crippen LogP contribution in [0.1, 0.15) is 21.5 Å². The molecule has 0 amide bonds. The second kappa shape index (κ2) is 4.66. The number of ketones is 1. The van der Waals surface area contributed by atoms with Gasteiger partial charge in [-0.25, -0.2) is 9.18 Å². The molecule has 2 heterocycles. The number of hydrogen-bond acceptors (Lipinski definition) is 4. The van der Waals surface area contributed by atoms with Crippen molar-refractivity contribution in [3.63, 3.8) is 0 Å². The van der Waals surface area contributed by atoms with Crippen LogP contribution in [0.4, 0.5) is 4.39 Å². The molecule has 1 spiro atoms. The average molecular weight is 334 g/mol. The van der Waals surface area contributed by atoms with E-state index in [-0.39, 0.29) is 5.76 Å². The minimum absolute atomic E-state index is 0.273. The van der Waals surface area contributed by atoms with Crippen LogP contribution in [-0.4, -0.2) is 11.8 Å². The van der Waals surface area contributed by atoms with Crippen molar-refractivity contribution in [1.29, 1.82) is 0 Å². The lowest BCUT2D eigenvalue weighted by molar-refractivity contribution is -0.128. The van der Waals surface area contributed by atoms with Crippen LogP contribution in [-0.2, 0) is 15.1 Å². The predicted molar refractivity (Wildman–Crippen MR) is 85.5 cm³/mol. The number of allylic oxidation sites excluding steroid dienone is 3. The lowest BCUT2D eigenvalue weighted by Gasteiger charge is -2.42. The van der Waals surface area contributed by atoms with E-state index in [0.29, 0.717) is 22.4 Å². The molecular formula is C20H11FO4. The van der Waals surface area contributed by atoms with Gasteiger partial charge in [-0.3, -0.25) is 4.79 Å². The van der Waals surface area contributed by atoms with E-state index >= 15 is 0 Å². The fourth-order valence-corrected chi connectivity index (χ4v) is 3.88. The zero-order valence-corrected chi connectivity index (χ0v) is 12.9. The van der Waals surface area contributed by atoms with Crippen molar-refractivity contribution in [2.45, 2.75) is 5.60 Å². The first kappa shape index (κ1) is 14.2. The third-order valence-corrected chi connectivity index (χ3v) is 4.90. The van der Waals surface area contributed by atoms with Crippen molar-refractivity contribution in [2.24, 2.45) is 5.92 Å². The summed E-state index contributed by atoms with van der Waals surface area (Å²) in [7, 11) is 0. The smallest absolute Gasteiger partial charge is 0.339 e. The molecule has 0 saturated carbocycles. The number of ether oxygens (including phenoxy) is 2. The van der Waals surface area contributed by atoms with Gasteiger partial charge in [0.15, 0.2) is 11.4 Å². The van der Waals surface area contributed by atoms with Gasteiger partial charge in [-0.15, -0.1) is 0 Å². The third-order valence-electron chi connectivity index (χ3n) is 4.90. The molecule has 0 radical (unpaired) electrons. The minimum atomic E-state index is -1.42. The molecule has 0 bridgehead atoms. The summed E-state index contributed by atoms with van der Waals surface area (Å²) in [6.45, 7) is 0. The van der Waals surface area contributed by atoms with E-state index in [1.165, 1.54) is 6.08 Å². The van der Waals surface area contributed by atoms with Gasteiger partial charge >= 0.3 is 5.97 Å². The second-order valence-corrected chi connectivity index (χ2v) is 6.15. The molecule has 0 saturated heterocycles. The van der Waals surface area contributed by atoms with Crippen LogP contribution in [0.2, 0.25) is 0 Å². The Labute approximate surface area is 142 Å². The number of carbonyl (C=O) groups excluding carboxylic acids is 2. The van der Waals surface area contributed by atoms with Crippen LogP contribution in [0.15, 0.2) is 72.3 Å². The molecule has 2 aromatic rings. The topological polar surface area (TPSA) is 52.6 Å². The summed E-state index contributed by atoms with van der Waals surface area (Å²) in [6.07, 6.45) is 2.51. The Bertz CT molecular complexity index is 1020. The van der Waals surface area contributed by atoms with E-state index in [9.17, 15) is 14.0 Å². The van der Waals surface area contributed by atoms with Gasteiger partial charge in [0.25, 0.3) is 0 Å². The SMILES string of the molecule is O=C1OC2(c3ccccc3OC3=CC=C(F)C(=O)C32)c2ccccc21. The number of benzene rings is 2. The quantitative estimate of drug-likeness (QED) is 0.693. The monoisotopic (exact) mass is 334 g/mol. The molecule has 2 aliphatic heterocycles. The second-order valence-electron chi connectivity index (χ2n) is 6.15. The highest BCUT2D eigenvalue weighted by Gasteiger charge is 2.61. The van der Waals surface area contributed by atoms with Crippen molar-refractivity contribution in [2.75, 3.05) is 0 Å². The summed E-state index contributed by atoms with van der Waals surface area (Å²) in [5, 5.41) is 0. The maximum absolute atomic E-state index is 14.1. The molecule has 5 rings (SSSR count). The van der Waals surface area contributed by atoms with E-state index in [0.717, 1.165) is 6.08 Å². The lowest BCUT2D eigenvalue weighted by Crippen LogP contribution is -2.47. The molecule has 0 N–H and O–H groups in total. The van der Waals surface area contributed by atoms with Gasteiger partial charge in [0, 0.05) is 11.1 Å². The van der Waals surface area contributed by atoms with Gasteiger partial charge in [0.05, 0.1) is 5.56 Å². The average Bonchev–Trinajstić information content (AvgIpc) is 2.92. The maximum atomic E-state index is 14.1. The highest BCUT2D eigenvalue weighted by atomic mass is 19.1. The van der Waals surface area contributed by atoms with Gasteiger partial charge < -0.3 is 9.47 Å². The largest absolute Gasteiger partial charge is 0.460 e. The minimum Gasteiger partial charge on any atom is -0.460 e. The van der Waals surface area contributed by atoms with Gasteiger partial charge in [-0.2, -0.15) is 0 Å². The molecular weight excluding hydrogens is 323 g/mol. The van der Waals surface area contributed by atoms with Gasteiger partial charge in [-0.1, -0.05) is 36.4 Å². The fourth-order valence-electron chi connectivity index (χ4n) is 3.88. The summed E-state index contributed by atoms with van der Waals surface area (Å²) >= 11 is 0. The Kier molecular flexibility index (Phi) is 2.64. The lowest BCUT2D eigenvalue weighted by atomic mass is 9.70. The molecule has 2 aromatic carbocycles. The first-order valence-corrected chi connectivity index (χ1v) is 7.85. The van der Waals surface area contributed by atoms with Gasteiger partial charge in [0.2, 0.25) is 5.78 Å². The van der Waals surface area contributed by atoms with Gasteiger partial charge in [0.1, 0.15) is 17.4 Å². The van der Waals surface area contributed by atoms with Crippen LogP contribution >= 0.6 is 0 Å². The van der Waals surface area contributed by atoms with E-state index in [2.05, 4.69) is 0 Å². The van der Waals surface area contributed by atoms with Crippen LogP contribution in [0.25, 0.3) is 0 Å². The molecule has 3 aliphatic rings. The Morgan fingerprint density at radius 3 is 2.48 bits per heavy atom. The number of para-hydroxylation sites is 1. The van der Waals surface area contributed by atoms with Crippen LogP contribution < -0.4 is 4.74 Å². The predicted octanol–water partition coefficient (Wildman–Crippen LogP) is 3.43. The molecule has 2 unspecified atom stereocenters. The highest BCUT2D eigenvalue weighted by molar-refractivity contribution is 6.03. The summed E-state index contributed by atoms with van der Waals surface area (Å²) in [6, 6.07) is 13.9. The first-order chi connectivity index (χ1) is 12.1. The van der Waals surface area contributed by atoms with Crippen molar-refractivity contribution >= 4 is 11.8 Å². The van der Waals surface area contributed by atoms with Crippen LogP contribution in [0, 0.1) is 5.92 Å². The van der Waals surface area contributed by atoms with E-state index in [4.69, 9.17) is 9.47 Å². The molecule has 2 atom stereocenters. The Hall–Kier alpha value is -3.21. The molecule has 1 aliphatic carbocycles. The highest BCUT2D eigenvalue weighted by Crippen LogP contribution is 2.56. The Morgan fingerprint density at radius 1 is 0.920 bits per heavy atom. The van der Waals surface area contributed by atoms with Crippen LogP contribution in [0.5, 0.6) is 5.75 Å². The summed E-state index contributed by atoms with van der Waals surface area (Å²) in [4.78, 5) is 25.2. The summed E-state index contributed by atoms with van der Waals surface area (Å²) in [5.41, 5.74) is 0.0475. The zero-order valence-electron chi connectivity index (χ0n) is 12.9. The molecule has 25 heavy (non-hydrogen) atoms. The molecule has 122 valence electrons. The van der Waals surface area contributed by atoms with Crippen molar-refractivity contribution in [3.05, 3.63) is 89.0 Å². The van der Waals surface area contributed by atoms with E-state index in [1.807, 2.05) is 0 Å². The molecule has 5 heteroatoms. The van der Waals surface area contributed by atoms with E-state index < -0.39 is 29.1 Å². The molecule has 0 fully saturated rings. The third kappa shape index (κ3) is 1.65. The summed E-state index contributed by atoms with van der Waals surface area (Å²) < 4.78 is 25.7. The molecule has 0 aromatic heterocycles. The summed E-state index contributed by atoms with van der Waals surface area (Å²) in [5.74, 6) is -2.49. The van der Waals surface area contributed by atoms with Gasteiger partial charge in [-0.05, 0) is 24.3 Å². The Morgan fingerprint density at radius 2 is 1.64 bits per heavy atom. The zero-order chi connectivity index (χ0) is 17.2. The van der Waals surface area contributed by atoms with E-state index in [1.54, 1.807) is 48.5 Å². The standard InChI is InChI=1S/C20H11FO4/c21-14-9-10-16-17(18(14)22)20(13-7-3-4-8-15(13)24-16)12-6-2-1-5-11(12)19(23)25-20/h1-10,17H.